The molecule has 0 saturated carbocycles. The van der Waals surface area contributed by atoms with Crippen molar-refractivity contribution in [1.29, 1.82) is 0 Å². The summed E-state index contributed by atoms with van der Waals surface area (Å²) >= 11 is 6.62. The molecule has 4 heterocycles. The van der Waals surface area contributed by atoms with E-state index in [0.717, 1.165) is 27.3 Å². The van der Waals surface area contributed by atoms with E-state index in [0.29, 0.717) is 41.1 Å². The van der Waals surface area contributed by atoms with Crippen molar-refractivity contribution in [2.24, 2.45) is 9.36 Å². The van der Waals surface area contributed by atoms with Gasteiger partial charge < -0.3 is 19.3 Å². The van der Waals surface area contributed by atoms with Crippen LogP contribution in [0.3, 0.4) is 0 Å². The Bertz CT molecular complexity index is 1520. The van der Waals surface area contributed by atoms with Crippen LogP contribution in [-0.4, -0.2) is 70.6 Å². The van der Waals surface area contributed by atoms with E-state index < -0.39 is 15.8 Å². The number of aromatic nitrogens is 1. The molecule has 10 heteroatoms. The van der Waals surface area contributed by atoms with Crippen LogP contribution in [0.1, 0.15) is 12.6 Å². The fourth-order valence-corrected chi connectivity index (χ4v) is 6.75. The topological polar surface area (TPSA) is 103 Å². The smallest absolute Gasteiger partial charge is 0.195 e. The first-order chi connectivity index (χ1) is 18.4. The molecule has 1 N–H and O–H groups in total. The van der Waals surface area contributed by atoms with E-state index in [1.165, 1.54) is 0 Å². The van der Waals surface area contributed by atoms with Gasteiger partial charge in [-0.15, -0.1) is 0 Å². The minimum Gasteiger partial charge on any atom is -0.472 e. The number of benzene rings is 2. The molecule has 0 bridgehead atoms. The first-order valence-corrected chi connectivity index (χ1v) is 14.6. The number of nitrogens with zero attached hydrogens (tertiary/aromatic N) is 3. The number of aliphatic imine (C=N–C) groups is 1. The number of fused-ring (bicyclic) bond motifs is 2. The summed E-state index contributed by atoms with van der Waals surface area (Å²) in [6, 6.07) is 17.6. The van der Waals surface area contributed by atoms with Crippen LogP contribution in [0.25, 0.3) is 22.4 Å². The Balaban J connectivity index is 1.17. The summed E-state index contributed by atoms with van der Waals surface area (Å²) in [7, 11) is -0.747. The first-order valence-electron chi connectivity index (χ1n) is 12.6. The van der Waals surface area contributed by atoms with Gasteiger partial charge in [0.1, 0.15) is 18.3 Å². The quantitative estimate of drug-likeness (QED) is 0.492. The molecule has 2 aromatic carbocycles. The number of aliphatic hydroxyl groups is 1. The predicted octanol–water partition coefficient (Wildman–Crippen LogP) is 4.68. The van der Waals surface area contributed by atoms with E-state index in [1.54, 1.807) is 7.05 Å². The minimum atomic E-state index is -2.35. The van der Waals surface area contributed by atoms with E-state index in [4.69, 9.17) is 30.8 Å². The van der Waals surface area contributed by atoms with Crippen LogP contribution in [-0.2, 0) is 30.4 Å². The highest BCUT2D eigenvalue weighted by Gasteiger charge is 2.49. The van der Waals surface area contributed by atoms with Crippen LogP contribution in [0.5, 0.6) is 0 Å². The second kappa shape index (κ2) is 10.1. The zero-order valence-electron chi connectivity index (χ0n) is 21.0. The van der Waals surface area contributed by atoms with Crippen molar-refractivity contribution in [2.75, 3.05) is 26.0 Å². The summed E-state index contributed by atoms with van der Waals surface area (Å²) in [5.74, 6) is 1.03. The molecule has 6 rings (SSSR count). The molecular weight excluding hydrogens is 526 g/mol. The van der Waals surface area contributed by atoms with E-state index in [1.807, 2.05) is 61.5 Å². The highest BCUT2D eigenvalue weighted by atomic mass is 35.5. The molecule has 2 saturated heterocycles. The van der Waals surface area contributed by atoms with Crippen molar-refractivity contribution in [3.05, 3.63) is 65.3 Å². The molecule has 0 amide bonds. The molecule has 0 spiro atoms. The highest BCUT2D eigenvalue weighted by Crippen LogP contribution is 2.37. The molecule has 198 valence electrons. The zero-order valence-corrected chi connectivity index (χ0v) is 22.6. The third-order valence-electron chi connectivity index (χ3n) is 7.27. The van der Waals surface area contributed by atoms with Crippen LogP contribution in [0.15, 0.2) is 68.8 Å². The van der Waals surface area contributed by atoms with E-state index in [2.05, 4.69) is 9.36 Å². The molecule has 3 aliphatic rings. The Morgan fingerprint density at radius 2 is 1.71 bits per heavy atom. The summed E-state index contributed by atoms with van der Waals surface area (Å²) in [5.41, 5.74) is 5.12. The van der Waals surface area contributed by atoms with Crippen LogP contribution < -0.4 is 0 Å². The van der Waals surface area contributed by atoms with Crippen LogP contribution in [0.4, 0.5) is 5.69 Å². The van der Waals surface area contributed by atoms with Gasteiger partial charge in [-0.2, -0.15) is 0 Å². The lowest BCUT2D eigenvalue weighted by Crippen LogP contribution is -2.34. The van der Waals surface area contributed by atoms with Gasteiger partial charge in [0.05, 0.1) is 51.5 Å². The van der Waals surface area contributed by atoms with Crippen molar-refractivity contribution in [2.45, 2.75) is 42.7 Å². The minimum absolute atomic E-state index is 0.252. The molecule has 3 aromatic rings. The van der Waals surface area contributed by atoms with Gasteiger partial charge in [-0.1, -0.05) is 54.9 Å². The Morgan fingerprint density at radius 3 is 2.39 bits per heavy atom. The average Bonchev–Trinajstić information content (AvgIpc) is 3.64. The number of halogens is 1. The number of rotatable bonds is 5. The number of hydrogen-bond acceptors (Lipinski definition) is 8. The molecule has 0 radical (unpaired) electrons. The molecule has 8 nitrogen and oxygen atoms in total. The van der Waals surface area contributed by atoms with Crippen LogP contribution in [0.2, 0.25) is 5.02 Å². The van der Waals surface area contributed by atoms with Crippen molar-refractivity contribution >= 4 is 32.9 Å². The molecule has 5 atom stereocenters. The Labute approximate surface area is 226 Å². The lowest BCUT2D eigenvalue weighted by molar-refractivity contribution is 0.00558. The maximum atomic E-state index is 12.8. The maximum absolute atomic E-state index is 12.8. The molecular formula is C28H28ClN3O5S. The van der Waals surface area contributed by atoms with Crippen LogP contribution >= 0.6 is 11.6 Å². The van der Waals surface area contributed by atoms with E-state index in [9.17, 15) is 9.32 Å². The van der Waals surface area contributed by atoms with Gasteiger partial charge in [0.15, 0.2) is 12.0 Å². The summed E-state index contributed by atoms with van der Waals surface area (Å²) in [6.07, 6.45) is -1.14. The van der Waals surface area contributed by atoms with Crippen molar-refractivity contribution in [1.82, 2.24) is 4.98 Å². The summed E-state index contributed by atoms with van der Waals surface area (Å²) in [6.45, 7) is 2.49. The second-order valence-corrected chi connectivity index (χ2v) is 12.6. The first kappa shape index (κ1) is 25.5. The monoisotopic (exact) mass is 553 g/mol. The van der Waals surface area contributed by atoms with Crippen molar-refractivity contribution in [3.8, 4) is 22.4 Å². The third-order valence-corrected chi connectivity index (χ3v) is 9.93. The summed E-state index contributed by atoms with van der Waals surface area (Å²) in [5, 5.41) is 10.5. The van der Waals surface area contributed by atoms with Gasteiger partial charge in [0.2, 0.25) is 0 Å². The standard InChI is InChI=1S/C28H28ClN3O5S/c1-3-38(34,30-2)19-10-8-17(9-11-19)16-4-6-18(7-5-16)26-20(29)12-21-22(32-26)13-25(31-21)37-24-15-36-27-23(33)14-35-28(24)27/h4-12,23-24,27-28,33H,3,13-15H2,1-2H3/t23-,24-,27-,28-,38?/m1/s1. The summed E-state index contributed by atoms with van der Waals surface area (Å²) < 4.78 is 34.3. The van der Waals surface area contributed by atoms with Gasteiger partial charge in [0.25, 0.3) is 0 Å². The highest BCUT2D eigenvalue weighted by molar-refractivity contribution is 7.93. The Morgan fingerprint density at radius 1 is 1.05 bits per heavy atom. The van der Waals surface area contributed by atoms with Gasteiger partial charge in [-0.3, -0.25) is 0 Å². The van der Waals surface area contributed by atoms with E-state index in [-0.39, 0.29) is 24.9 Å². The molecule has 1 unspecified atom stereocenters. The molecule has 1 aromatic heterocycles. The largest absolute Gasteiger partial charge is 0.472 e. The van der Waals surface area contributed by atoms with Gasteiger partial charge in [-0.25, -0.2) is 18.5 Å². The fraction of sp³-hybridized carbons (Fsp3) is 0.357. The average molecular weight is 554 g/mol. The Hall–Kier alpha value is -2.82. The van der Waals surface area contributed by atoms with Crippen LogP contribution in [0, 0.1) is 0 Å². The molecule has 0 aliphatic carbocycles. The van der Waals surface area contributed by atoms with Crippen molar-refractivity contribution < 1.29 is 23.5 Å². The second-order valence-electron chi connectivity index (χ2n) is 9.50. The zero-order chi connectivity index (χ0) is 26.4. The SMILES string of the molecule is CCS(=O)(=NC)c1ccc(-c2ccc(-c3nc4c(cc3Cl)N=C(O[C@@H]3CO[C@H]5[C@@H]3OC[C@H]5O)C4)cc2)cc1. The molecule has 38 heavy (non-hydrogen) atoms. The third kappa shape index (κ3) is 4.52. The molecule has 2 fully saturated rings. The predicted molar refractivity (Wildman–Crippen MR) is 147 cm³/mol. The summed E-state index contributed by atoms with van der Waals surface area (Å²) in [4.78, 5) is 10.1. The number of ether oxygens (including phenoxy) is 3. The van der Waals surface area contributed by atoms with Gasteiger partial charge in [-0.05, 0) is 29.3 Å². The number of aliphatic hydroxyl groups excluding tert-OH is 1. The normalized spacial score (nSPS) is 25.4. The molecule has 3 aliphatic heterocycles. The lowest BCUT2D eigenvalue weighted by Gasteiger charge is -2.17. The van der Waals surface area contributed by atoms with Crippen molar-refractivity contribution in [3.63, 3.8) is 0 Å². The lowest BCUT2D eigenvalue weighted by atomic mass is 10.0. The number of pyridine rings is 1. The Kier molecular flexibility index (Phi) is 6.74. The van der Waals surface area contributed by atoms with E-state index >= 15 is 0 Å². The number of hydrogen-bond donors (Lipinski definition) is 1. The maximum Gasteiger partial charge on any atom is 0.195 e. The van der Waals surface area contributed by atoms with Gasteiger partial charge >= 0.3 is 0 Å². The fourth-order valence-electron chi connectivity index (χ4n) is 5.13. The van der Waals surface area contributed by atoms with Gasteiger partial charge in [0, 0.05) is 23.3 Å².